The van der Waals surface area contributed by atoms with E-state index < -0.39 is 23.3 Å². The molecule has 0 radical (unpaired) electrons. The highest BCUT2D eigenvalue weighted by Gasteiger charge is 2.50. The largest absolute Gasteiger partial charge is 0.328 e. The Morgan fingerprint density at radius 2 is 1.76 bits per heavy atom. The first-order chi connectivity index (χ1) is 7.98. The molecule has 0 atom stereocenters. The van der Waals surface area contributed by atoms with E-state index in [1.807, 2.05) is 6.92 Å². The lowest BCUT2D eigenvalue weighted by molar-refractivity contribution is -0.142. The van der Waals surface area contributed by atoms with Crippen molar-refractivity contribution in [2.24, 2.45) is 5.41 Å². The van der Waals surface area contributed by atoms with Crippen molar-refractivity contribution in [1.82, 2.24) is 10.6 Å². The third kappa shape index (κ3) is 2.23. The van der Waals surface area contributed by atoms with Gasteiger partial charge in [0.15, 0.2) is 0 Å². The zero-order valence-corrected chi connectivity index (χ0v) is 10.4. The molecular weight excluding hydrogens is 220 g/mol. The molecule has 17 heavy (non-hydrogen) atoms. The average Bonchev–Trinajstić information content (AvgIpc) is 2.27. The lowest BCUT2D eigenvalue weighted by Crippen LogP contribution is -2.62. The van der Waals surface area contributed by atoms with Crippen LogP contribution in [0.5, 0.6) is 0 Å². The van der Waals surface area contributed by atoms with E-state index in [4.69, 9.17) is 0 Å². The lowest BCUT2D eigenvalue weighted by Gasteiger charge is -2.34. The van der Waals surface area contributed by atoms with Crippen LogP contribution in [0.4, 0.5) is 4.79 Å². The fourth-order valence-corrected chi connectivity index (χ4v) is 2.02. The molecule has 5 nitrogen and oxygen atoms in total. The molecule has 0 spiro atoms. The van der Waals surface area contributed by atoms with Gasteiger partial charge in [0.05, 0.1) is 0 Å². The summed E-state index contributed by atoms with van der Waals surface area (Å²) in [5.41, 5.74) is -0.549. The van der Waals surface area contributed by atoms with Crippen molar-refractivity contribution in [3.05, 3.63) is 11.6 Å². The minimum Gasteiger partial charge on any atom is -0.277 e. The van der Waals surface area contributed by atoms with Crippen LogP contribution in [-0.2, 0) is 9.59 Å². The third-order valence-electron chi connectivity index (χ3n) is 3.24. The minimum atomic E-state index is -1.22. The number of nitrogens with one attached hydrogen (secondary N) is 2. The molecule has 1 fully saturated rings. The Balaban J connectivity index is 3.16. The van der Waals surface area contributed by atoms with Gasteiger partial charge in [-0.1, -0.05) is 31.4 Å². The fourth-order valence-electron chi connectivity index (χ4n) is 2.02. The highest BCUT2D eigenvalue weighted by molar-refractivity contribution is 6.21. The quantitative estimate of drug-likeness (QED) is 0.575. The Labute approximate surface area is 101 Å². The summed E-state index contributed by atoms with van der Waals surface area (Å²) in [4.78, 5) is 35.1. The van der Waals surface area contributed by atoms with Crippen molar-refractivity contribution in [2.75, 3.05) is 0 Å². The standard InChI is InChI=1S/C12H18N2O3/c1-4-6-7-12(8(3)5-2)9(15)13-11(17)14-10(12)16/h5H,4,6-7H2,1-3H3,(H2,13,14,15,16,17)/b8-5-. The van der Waals surface area contributed by atoms with Crippen LogP contribution in [0.15, 0.2) is 11.6 Å². The number of carbonyl (C=O) groups is 3. The molecule has 1 aliphatic rings. The van der Waals surface area contributed by atoms with Crippen molar-refractivity contribution in [1.29, 1.82) is 0 Å². The van der Waals surface area contributed by atoms with Crippen LogP contribution in [-0.4, -0.2) is 17.8 Å². The van der Waals surface area contributed by atoms with Crippen molar-refractivity contribution in [3.63, 3.8) is 0 Å². The van der Waals surface area contributed by atoms with Gasteiger partial charge in [0, 0.05) is 0 Å². The van der Waals surface area contributed by atoms with Crippen LogP contribution >= 0.6 is 0 Å². The molecule has 0 unspecified atom stereocenters. The van der Waals surface area contributed by atoms with Crippen LogP contribution in [0.2, 0.25) is 0 Å². The maximum atomic E-state index is 12.0. The van der Waals surface area contributed by atoms with Crippen LogP contribution in [0.1, 0.15) is 40.0 Å². The monoisotopic (exact) mass is 238 g/mol. The molecule has 2 N–H and O–H groups in total. The van der Waals surface area contributed by atoms with Gasteiger partial charge < -0.3 is 0 Å². The van der Waals surface area contributed by atoms with Gasteiger partial charge in [0.1, 0.15) is 5.41 Å². The molecule has 0 saturated carbocycles. The van der Waals surface area contributed by atoms with E-state index in [0.29, 0.717) is 12.0 Å². The summed E-state index contributed by atoms with van der Waals surface area (Å²) in [5.74, 6) is -1.04. The molecule has 1 aliphatic heterocycles. The number of urea groups is 1. The van der Waals surface area contributed by atoms with Gasteiger partial charge in [-0.2, -0.15) is 0 Å². The zero-order chi connectivity index (χ0) is 13.1. The molecule has 0 aromatic heterocycles. The first kappa shape index (κ1) is 13.4. The van der Waals surface area contributed by atoms with Crippen molar-refractivity contribution < 1.29 is 14.4 Å². The van der Waals surface area contributed by atoms with Gasteiger partial charge >= 0.3 is 6.03 Å². The molecule has 1 saturated heterocycles. The minimum absolute atomic E-state index is 0.421. The number of imide groups is 2. The van der Waals surface area contributed by atoms with Crippen LogP contribution in [0.3, 0.4) is 0 Å². The Hall–Kier alpha value is -1.65. The second-order valence-corrected chi connectivity index (χ2v) is 4.22. The summed E-state index contributed by atoms with van der Waals surface area (Å²) in [6.45, 7) is 5.51. The highest BCUT2D eigenvalue weighted by atomic mass is 16.2. The SMILES string of the molecule is C/C=C(/C)C1(CCCC)C(=O)NC(=O)NC1=O. The normalized spacial score (nSPS) is 19.9. The summed E-state index contributed by atoms with van der Waals surface area (Å²) in [7, 11) is 0. The molecule has 0 aromatic carbocycles. The molecule has 1 rings (SSSR count). The first-order valence-corrected chi connectivity index (χ1v) is 5.79. The lowest BCUT2D eigenvalue weighted by atomic mass is 9.73. The van der Waals surface area contributed by atoms with Crippen molar-refractivity contribution in [2.45, 2.75) is 40.0 Å². The Morgan fingerprint density at radius 3 is 2.18 bits per heavy atom. The van der Waals surface area contributed by atoms with Crippen LogP contribution < -0.4 is 10.6 Å². The number of amides is 4. The van der Waals surface area contributed by atoms with Gasteiger partial charge in [-0.25, -0.2) is 4.79 Å². The van der Waals surface area contributed by atoms with E-state index >= 15 is 0 Å². The number of allylic oxidation sites excluding steroid dienone is 1. The third-order valence-corrected chi connectivity index (χ3v) is 3.24. The molecule has 5 heteroatoms. The van der Waals surface area contributed by atoms with E-state index in [1.54, 1.807) is 19.9 Å². The zero-order valence-electron chi connectivity index (χ0n) is 10.4. The Morgan fingerprint density at radius 1 is 1.24 bits per heavy atom. The Bertz CT molecular complexity index is 365. The van der Waals surface area contributed by atoms with Crippen LogP contribution in [0.25, 0.3) is 0 Å². The summed E-state index contributed by atoms with van der Waals surface area (Å²) in [6, 6.07) is -0.740. The smallest absolute Gasteiger partial charge is 0.277 e. The Kier molecular flexibility index (Phi) is 4.04. The number of unbranched alkanes of at least 4 members (excludes halogenated alkanes) is 1. The van der Waals surface area contributed by atoms with Gasteiger partial charge in [0.25, 0.3) is 0 Å². The average molecular weight is 238 g/mol. The highest BCUT2D eigenvalue weighted by Crippen LogP contribution is 2.35. The van der Waals surface area contributed by atoms with Gasteiger partial charge in [0.2, 0.25) is 11.8 Å². The molecule has 0 aliphatic carbocycles. The fraction of sp³-hybridized carbons (Fsp3) is 0.583. The number of barbiturate groups is 1. The molecule has 0 aromatic rings. The van der Waals surface area contributed by atoms with Crippen molar-refractivity contribution >= 4 is 17.8 Å². The number of rotatable bonds is 4. The van der Waals surface area contributed by atoms with Crippen molar-refractivity contribution in [3.8, 4) is 0 Å². The number of carbonyl (C=O) groups excluding carboxylic acids is 3. The van der Waals surface area contributed by atoms with Gasteiger partial charge in [-0.15, -0.1) is 0 Å². The van der Waals surface area contributed by atoms with E-state index in [-0.39, 0.29) is 0 Å². The molecule has 94 valence electrons. The number of hydrogen-bond donors (Lipinski definition) is 2. The summed E-state index contributed by atoms with van der Waals surface area (Å²) < 4.78 is 0. The van der Waals surface area contributed by atoms with Crippen LogP contribution in [0, 0.1) is 5.41 Å². The maximum Gasteiger partial charge on any atom is 0.328 e. The summed E-state index contributed by atoms with van der Waals surface area (Å²) in [6.07, 6.45) is 3.79. The van der Waals surface area contributed by atoms with E-state index in [1.165, 1.54) is 0 Å². The number of hydrogen-bond acceptors (Lipinski definition) is 3. The van der Waals surface area contributed by atoms with E-state index in [2.05, 4.69) is 10.6 Å². The topological polar surface area (TPSA) is 75.3 Å². The predicted molar refractivity (Wildman–Crippen MR) is 63.1 cm³/mol. The molecule has 0 bridgehead atoms. The molecular formula is C12H18N2O3. The van der Waals surface area contributed by atoms with E-state index in [9.17, 15) is 14.4 Å². The second-order valence-electron chi connectivity index (χ2n) is 4.22. The second kappa shape index (κ2) is 5.12. The van der Waals surface area contributed by atoms with Gasteiger partial charge in [-0.3, -0.25) is 20.2 Å². The summed E-state index contributed by atoms with van der Waals surface area (Å²) in [5, 5.41) is 4.35. The van der Waals surface area contributed by atoms with E-state index in [0.717, 1.165) is 12.8 Å². The predicted octanol–water partition coefficient (Wildman–Crippen LogP) is 1.50. The molecule has 4 amide bonds. The first-order valence-electron chi connectivity index (χ1n) is 5.79. The summed E-state index contributed by atoms with van der Waals surface area (Å²) >= 11 is 0. The molecule has 1 heterocycles. The van der Waals surface area contributed by atoms with Gasteiger partial charge in [-0.05, 0) is 20.3 Å². The maximum absolute atomic E-state index is 12.0.